The van der Waals surface area contributed by atoms with Crippen LogP contribution in [0.1, 0.15) is 5.56 Å². The van der Waals surface area contributed by atoms with E-state index >= 15 is 0 Å². The largest absolute Gasteiger partial charge is 0.395 e. The summed E-state index contributed by atoms with van der Waals surface area (Å²) in [6, 6.07) is 5.43. The second-order valence-corrected chi connectivity index (χ2v) is 3.49. The Morgan fingerprint density at radius 2 is 2.07 bits per heavy atom. The van der Waals surface area contributed by atoms with E-state index in [9.17, 15) is 0 Å². The fourth-order valence-corrected chi connectivity index (χ4v) is 1.42. The molecule has 0 heterocycles. The van der Waals surface area contributed by atoms with Crippen molar-refractivity contribution in [1.82, 2.24) is 0 Å². The molecule has 1 aromatic rings. The predicted molar refractivity (Wildman–Crippen MR) is 57.7 cm³/mol. The van der Waals surface area contributed by atoms with Crippen molar-refractivity contribution in [3.63, 3.8) is 0 Å². The Balaban J connectivity index is 2.85. The fourth-order valence-electron chi connectivity index (χ4n) is 1.18. The average molecular weight is 216 g/mol. The standard InChI is InChI=1S/C10H14ClNO2/c1-12(4-5-13)9-3-2-8(7-14)10(11)6-9/h2-3,6,13-14H,4-5,7H2,1H3. The molecule has 0 amide bonds. The minimum atomic E-state index is -0.0528. The lowest BCUT2D eigenvalue weighted by molar-refractivity contribution is 0.282. The summed E-state index contributed by atoms with van der Waals surface area (Å²) in [5.74, 6) is 0. The number of aliphatic hydroxyl groups is 2. The molecule has 0 atom stereocenters. The van der Waals surface area contributed by atoms with Gasteiger partial charge >= 0.3 is 0 Å². The maximum Gasteiger partial charge on any atom is 0.0696 e. The van der Waals surface area contributed by atoms with Crippen LogP contribution in [0.3, 0.4) is 0 Å². The Kier molecular flexibility index (Phi) is 4.20. The molecule has 1 aromatic carbocycles. The first-order chi connectivity index (χ1) is 6.69. The molecule has 0 unspecified atom stereocenters. The van der Waals surface area contributed by atoms with Gasteiger partial charge in [-0.1, -0.05) is 17.7 Å². The third-order valence-corrected chi connectivity index (χ3v) is 2.44. The maximum absolute atomic E-state index is 8.91. The zero-order valence-electron chi connectivity index (χ0n) is 8.07. The van der Waals surface area contributed by atoms with Crippen molar-refractivity contribution in [2.75, 3.05) is 25.1 Å². The molecule has 0 radical (unpaired) electrons. The van der Waals surface area contributed by atoms with Crippen LogP contribution in [-0.4, -0.2) is 30.4 Å². The van der Waals surface area contributed by atoms with Gasteiger partial charge in [0.2, 0.25) is 0 Å². The minimum Gasteiger partial charge on any atom is -0.395 e. The molecular formula is C10H14ClNO2. The Morgan fingerprint density at radius 1 is 1.36 bits per heavy atom. The highest BCUT2D eigenvalue weighted by Gasteiger charge is 2.03. The summed E-state index contributed by atoms with van der Waals surface area (Å²) in [6.45, 7) is 0.619. The van der Waals surface area contributed by atoms with E-state index in [0.29, 0.717) is 17.1 Å². The number of halogens is 1. The molecule has 0 aliphatic heterocycles. The summed E-state index contributed by atoms with van der Waals surface area (Å²) in [5.41, 5.74) is 1.65. The van der Waals surface area contributed by atoms with E-state index in [0.717, 1.165) is 5.69 Å². The van der Waals surface area contributed by atoms with Crippen LogP contribution in [0.25, 0.3) is 0 Å². The first-order valence-corrected chi connectivity index (χ1v) is 4.78. The molecular weight excluding hydrogens is 202 g/mol. The van der Waals surface area contributed by atoms with Gasteiger partial charge in [-0.15, -0.1) is 0 Å². The Labute approximate surface area is 88.5 Å². The van der Waals surface area contributed by atoms with Crippen LogP contribution < -0.4 is 4.90 Å². The van der Waals surface area contributed by atoms with Gasteiger partial charge in [-0.05, 0) is 17.7 Å². The van der Waals surface area contributed by atoms with Crippen LogP contribution in [-0.2, 0) is 6.61 Å². The molecule has 1 rings (SSSR count). The Morgan fingerprint density at radius 3 is 2.57 bits per heavy atom. The highest BCUT2D eigenvalue weighted by Crippen LogP contribution is 2.22. The number of anilines is 1. The molecule has 78 valence electrons. The number of hydrogen-bond acceptors (Lipinski definition) is 3. The van der Waals surface area contributed by atoms with E-state index in [2.05, 4.69) is 0 Å². The topological polar surface area (TPSA) is 43.7 Å². The average Bonchev–Trinajstić information content (AvgIpc) is 2.18. The lowest BCUT2D eigenvalue weighted by Gasteiger charge is -2.18. The van der Waals surface area contributed by atoms with Crippen molar-refractivity contribution in [3.8, 4) is 0 Å². The van der Waals surface area contributed by atoms with Gasteiger partial charge in [0.05, 0.1) is 13.2 Å². The van der Waals surface area contributed by atoms with Gasteiger partial charge < -0.3 is 15.1 Å². The molecule has 0 aromatic heterocycles. The van der Waals surface area contributed by atoms with E-state index in [1.54, 1.807) is 12.1 Å². The van der Waals surface area contributed by atoms with Crippen molar-refractivity contribution in [2.45, 2.75) is 6.61 Å². The van der Waals surface area contributed by atoms with E-state index in [1.165, 1.54) is 0 Å². The minimum absolute atomic E-state index is 0.0528. The van der Waals surface area contributed by atoms with E-state index in [4.69, 9.17) is 21.8 Å². The van der Waals surface area contributed by atoms with Gasteiger partial charge in [0.25, 0.3) is 0 Å². The zero-order chi connectivity index (χ0) is 10.6. The van der Waals surface area contributed by atoms with Crippen LogP contribution in [0.5, 0.6) is 0 Å². The van der Waals surface area contributed by atoms with Crippen molar-refractivity contribution in [3.05, 3.63) is 28.8 Å². The summed E-state index contributed by atoms with van der Waals surface area (Å²) < 4.78 is 0. The van der Waals surface area contributed by atoms with E-state index < -0.39 is 0 Å². The monoisotopic (exact) mass is 215 g/mol. The summed E-state index contributed by atoms with van der Waals surface area (Å²) in [5, 5.41) is 18.2. The van der Waals surface area contributed by atoms with Gasteiger partial charge in [-0.2, -0.15) is 0 Å². The second kappa shape index (κ2) is 5.20. The van der Waals surface area contributed by atoms with Crippen LogP contribution in [0.4, 0.5) is 5.69 Å². The lowest BCUT2D eigenvalue weighted by Crippen LogP contribution is -2.21. The van der Waals surface area contributed by atoms with Gasteiger partial charge in [-0.25, -0.2) is 0 Å². The van der Waals surface area contributed by atoms with Crippen LogP contribution in [0.15, 0.2) is 18.2 Å². The second-order valence-electron chi connectivity index (χ2n) is 3.08. The molecule has 0 fully saturated rings. The Hall–Kier alpha value is -0.770. The van der Waals surface area contributed by atoms with E-state index in [-0.39, 0.29) is 13.2 Å². The van der Waals surface area contributed by atoms with Crippen molar-refractivity contribution < 1.29 is 10.2 Å². The third kappa shape index (κ3) is 2.61. The molecule has 3 nitrogen and oxygen atoms in total. The highest BCUT2D eigenvalue weighted by atomic mass is 35.5. The van der Waals surface area contributed by atoms with Crippen LogP contribution in [0.2, 0.25) is 5.02 Å². The van der Waals surface area contributed by atoms with Gasteiger partial charge in [0.15, 0.2) is 0 Å². The summed E-state index contributed by atoms with van der Waals surface area (Å²) in [6.07, 6.45) is 0. The van der Waals surface area contributed by atoms with Crippen molar-refractivity contribution >= 4 is 17.3 Å². The highest BCUT2D eigenvalue weighted by molar-refractivity contribution is 6.31. The quantitative estimate of drug-likeness (QED) is 0.795. The normalized spacial score (nSPS) is 10.3. The van der Waals surface area contributed by atoms with Crippen LogP contribution >= 0.6 is 11.6 Å². The smallest absolute Gasteiger partial charge is 0.0696 e. The lowest BCUT2D eigenvalue weighted by atomic mass is 10.2. The molecule has 0 bridgehead atoms. The number of hydrogen-bond donors (Lipinski definition) is 2. The first kappa shape index (κ1) is 11.3. The molecule has 0 aliphatic rings. The maximum atomic E-state index is 8.91. The first-order valence-electron chi connectivity index (χ1n) is 4.40. The number of nitrogens with zero attached hydrogens (tertiary/aromatic N) is 1. The third-order valence-electron chi connectivity index (χ3n) is 2.08. The SMILES string of the molecule is CN(CCO)c1ccc(CO)c(Cl)c1. The number of aliphatic hydroxyl groups excluding tert-OH is 2. The molecule has 0 spiro atoms. The molecule has 0 saturated heterocycles. The number of rotatable bonds is 4. The van der Waals surface area contributed by atoms with Crippen molar-refractivity contribution in [1.29, 1.82) is 0 Å². The van der Waals surface area contributed by atoms with Gasteiger partial charge in [0.1, 0.15) is 0 Å². The van der Waals surface area contributed by atoms with E-state index in [1.807, 2.05) is 18.0 Å². The molecule has 14 heavy (non-hydrogen) atoms. The summed E-state index contributed by atoms with van der Waals surface area (Å²) >= 11 is 5.92. The molecule has 0 saturated carbocycles. The fraction of sp³-hybridized carbons (Fsp3) is 0.400. The molecule has 0 aliphatic carbocycles. The zero-order valence-corrected chi connectivity index (χ0v) is 8.83. The molecule has 2 N–H and O–H groups in total. The van der Waals surface area contributed by atoms with Gasteiger partial charge in [-0.3, -0.25) is 0 Å². The number of likely N-dealkylation sites (N-methyl/N-ethyl adjacent to an activating group) is 1. The predicted octanol–water partition coefficient (Wildman–Crippen LogP) is 1.26. The molecule has 4 heteroatoms. The van der Waals surface area contributed by atoms with Crippen molar-refractivity contribution in [2.24, 2.45) is 0 Å². The number of benzene rings is 1. The van der Waals surface area contributed by atoms with Gasteiger partial charge in [0, 0.05) is 24.3 Å². The summed E-state index contributed by atoms with van der Waals surface area (Å²) in [4.78, 5) is 1.90. The Bertz CT molecular complexity index is 304. The summed E-state index contributed by atoms with van der Waals surface area (Å²) in [7, 11) is 1.88. The van der Waals surface area contributed by atoms with Crippen LogP contribution in [0, 0.1) is 0 Å².